The first kappa shape index (κ1) is 17.2. The minimum absolute atomic E-state index is 0.198. The monoisotopic (exact) mass is 370 g/mol. The first-order valence-corrected chi connectivity index (χ1v) is 8.56. The van der Waals surface area contributed by atoms with Gasteiger partial charge in [0.1, 0.15) is 0 Å². The van der Waals surface area contributed by atoms with Gasteiger partial charge in [0.25, 0.3) is 10.0 Å². The smallest absolute Gasteiger partial charge is 0.278 e. The highest BCUT2D eigenvalue weighted by atomic mass is 32.2. The summed E-state index contributed by atoms with van der Waals surface area (Å²) in [6.45, 7) is 1.76. The van der Waals surface area contributed by atoms with Crippen LogP contribution in [0.25, 0.3) is 11.0 Å². The number of nitrogens with one attached hydrogen (secondary N) is 1. The molecule has 0 saturated carbocycles. The van der Waals surface area contributed by atoms with E-state index in [1.54, 1.807) is 24.7 Å². The first-order valence-electron chi connectivity index (χ1n) is 7.07. The van der Waals surface area contributed by atoms with E-state index < -0.39 is 21.8 Å². The summed E-state index contributed by atoms with van der Waals surface area (Å²) in [6, 6.07) is 4.84. The predicted molar refractivity (Wildman–Crippen MR) is 85.5 cm³/mol. The van der Waals surface area contributed by atoms with Crippen molar-refractivity contribution in [1.82, 2.24) is 14.8 Å². The fourth-order valence-corrected chi connectivity index (χ4v) is 3.44. The number of hydrogen-bond acceptors (Lipinski definition) is 4. The van der Waals surface area contributed by atoms with Crippen molar-refractivity contribution in [2.24, 2.45) is 7.05 Å². The minimum Gasteiger partial charge on any atom is -0.278 e. The van der Waals surface area contributed by atoms with Gasteiger partial charge in [-0.2, -0.15) is 18.3 Å². The summed E-state index contributed by atoms with van der Waals surface area (Å²) in [5.74, 6) is 0. The molecule has 0 aliphatic carbocycles. The van der Waals surface area contributed by atoms with E-state index in [1.165, 1.54) is 6.20 Å². The number of rotatable bonds is 3. The SMILES string of the molecule is Cc1nn(C)c2ncc(NS(=O)(=O)c3ccc(C(F)(F)F)cc3)cc12. The van der Waals surface area contributed by atoms with Gasteiger partial charge in [0.15, 0.2) is 5.65 Å². The summed E-state index contributed by atoms with van der Waals surface area (Å²) in [5.41, 5.74) is 0.555. The molecule has 3 rings (SSSR count). The highest BCUT2D eigenvalue weighted by Crippen LogP contribution is 2.30. The lowest BCUT2D eigenvalue weighted by Gasteiger charge is -2.10. The van der Waals surface area contributed by atoms with Gasteiger partial charge in [0.05, 0.1) is 28.0 Å². The van der Waals surface area contributed by atoms with Crippen LogP contribution >= 0.6 is 0 Å². The molecule has 3 aromatic rings. The van der Waals surface area contributed by atoms with Crippen LogP contribution in [-0.2, 0) is 23.2 Å². The van der Waals surface area contributed by atoms with Crippen LogP contribution in [0.15, 0.2) is 41.4 Å². The van der Waals surface area contributed by atoms with Crippen LogP contribution in [0.3, 0.4) is 0 Å². The lowest BCUT2D eigenvalue weighted by atomic mass is 10.2. The lowest BCUT2D eigenvalue weighted by molar-refractivity contribution is -0.137. The maximum absolute atomic E-state index is 12.6. The predicted octanol–water partition coefficient (Wildman–Crippen LogP) is 3.10. The second kappa shape index (κ2) is 5.73. The van der Waals surface area contributed by atoms with Crippen molar-refractivity contribution in [3.05, 3.63) is 47.8 Å². The molecule has 2 aromatic heterocycles. The zero-order valence-corrected chi connectivity index (χ0v) is 14.0. The van der Waals surface area contributed by atoms with Gasteiger partial charge in [-0.3, -0.25) is 9.40 Å². The van der Waals surface area contributed by atoms with Gasteiger partial charge in [-0.15, -0.1) is 0 Å². The van der Waals surface area contributed by atoms with E-state index in [0.29, 0.717) is 16.7 Å². The fraction of sp³-hybridized carbons (Fsp3) is 0.200. The number of sulfonamides is 1. The third-order valence-corrected chi connectivity index (χ3v) is 5.00. The first-order chi connectivity index (χ1) is 11.6. The molecule has 0 radical (unpaired) electrons. The molecule has 0 saturated heterocycles. The van der Waals surface area contributed by atoms with Gasteiger partial charge < -0.3 is 0 Å². The van der Waals surface area contributed by atoms with Gasteiger partial charge in [-0.25, -0.2) is 13.4 Å². The second-order valence-corrected chi connectivity index (χ2v) is 7.11. The van der Waals surface area contributed by atoms with Crippen molar-refractivity contribution in [3.8, 4) is 0 Å². The minimum atomic E-state index is -4.53. The molecule has 0 spiro atoms. The summed E-state index contributed by atoms with van der Waals surface area (Å²) < 4.78 is 66.3. The Morgan fingerprint density at radius 3 is 2.40 bits per heavy atom. The molecule has 0 bridgehead atoms. The Bertz CT molecular complexity index is 1040. The molecule has 0 fully saturated rings. The Morgan fingerprint density at radius 1 is 1.16 bits per heavy atom. The number of aromatic nitrogens is 3. The molecule has 10 heteroatoms. The Labute approximate surface area is 141 Å². The van der Waals surface area contributed by atoms with E-state index >= 15 is 0 Å². The summed E-state index contributed by atoms with van der Waals surface area (Å²) in [4.78, 5) is 3.88. The summed E-state index contributed by atoms with van der Waals surface area (Å²) in [7, 11) is -2.32. The van der Waals surface area contributed by atoms with Gasteiger partial charge in [-0.1, -0.05) is 0 Å². The number of alkyl halides is 3. The Hall–Kier alpha value is -2.62. The van der Waals surface area contributed by atoms with Gasteiger partial charge in [-0.05, 0) is 37.3 Å². The van der Waals surface area contributed by atoms with Gasteiger partial charge in [0, 0.05) is 12.4 Å². The topological polar surface area (TPSA) is 76.9 Å². The average molecular weight is 370 g/mol. The van der Waals surface area contributed by atoms with Crippen molar-refractivity contribution >= 4 is 26.7 Å². The number of aryl methyl sites for hydroxylation is 2. The molecule has 1 aromatic carbocycles. The summed E-state index contributed by atoms with van der Waals surface area (Å²) >= 11 is 0. The van der Waals surface area contributed by atoms with Crippen LogP contribution in [0.5, 0.6) is 0 Å². The van der Waals surface area contributed by atoms with Crippen molar-refractivity contribution < 1.29 is 21.6 Å². The van der Waals surface area contributed by atoms with E-state index in [2.05, 4.69) is 14.8 Å². The van der Waals surface area contributed by atoms with Crippen molar-refractivity contribution in [2.45, 2.75) is 18.0 Å². The zero-order chi connectivity index (χ0) is 18.4. The normalized spacial score (nSPS) is 12.5. The molecule has 0 aliphatic heterocycles. The fourth-order valence-electron chi connectivity index (χ4n) is 2.40. The van der Waals surface area contributed by atoms with Crippen LogP contribution in [0.2, 0.25) is 0 Å². The molecule has 0 atom stereocenters. The van der Waals surface area contributed by atoms with E-state index in [9.17, 15) is 21.6 Å². The maximum atomic E-state index is 12.6. The number of fused-ring (bicyclic) bond motifs is 1. The van der Waals surface area contributed by atoms with Crippen molar-refractivity contribution in [3.63, 3.8) is 0 Å². The number of benzene rings is 1. The number of pyridine rings is 1. The molecule has 132 valence electrons. The van der Waals surface area contributed by atoms with E-state index in [0.717, 1.165) is 24.3 Å². The van der Waals surface area contributed by atoms with Crippen LogP contribution in [-0.4, -0.2) is 23.2 Å². The van der Waals surface area contributed by atoms with E-state index in [4.69, 9.17) is 0 Å². The average Bonchev–Trinajstić information content (AvgIpc) is 2.80. The highest BCUT2D eigenvalue weighted by Gasteiger charge is 2.30. The van der Waals surface area contributed by atoms with E-state index in [-0.39, 0.29) is 10.6 Å². The Morgan fingerprint density at radius 2 is 1.80 bits per heavy atom. The highest BCUT2D eigenvalue weighted by molar-refractivity contribution is 7.92. The molecule has 6 nitrogen and oxygen atoms in total. The van der Waals surface area contributed by atoms with Crippen LogP contribution < -0.4 is 4.72 Å². The molecule has 0 unspecified atom stereocenters. The molecular weight excluding hydrogens is 357 g/mol. The number of anilines is 1. The zero-order valence-electron chi connectivity index (χ0n) is 13.2. The second-order valence-electron chi connectivity index (χ2n) is 5.43. The third-order valence-electron chi connectivity index (χ3n) is 3.61. The maximum Gasteiger partial charge on any atom is 0.416 e. The molecular formula is C15H13F3N4O2S. The van der Waals surface area contributed by atoms with Crippen LogP contribution in [0.4, 0.5) is 18.9 Å². The number of nitrogens with zero attached hydrogens (tertiary/aromatic N) is 3. The molecule has 25 heavy (non-hydrogen) atoms. The molecule has 1 N–H and O–H groups in total. The van der Waals surface area contributed by atoms with Gasteiger partial charge in [0.2, 0.25) is 0 Å². The number of halogens is 3. The van der Waals surface area contributed by atoms with Crippen molar-refractivity contribution in [1.29, 1.82) is 0 Å². The van der Waals surface area contributed by atoms with Gasteiger partial charge >= 0.3 is 6.18 Å². The van der Waals surface area contributed by atoms with Crippen LogP contribution in [0, 0.1) is 6.92 Å². The summed E-state index contributed by atoms with van der Waals surface area (Å²) in [5, 5.41) is 4.87. The molecule has 0 aliphatic rings. The molecule has 0 amide bonds. The molecule has 2 heterocycles. The van der Waals surface area contributed by atoms with Crippen LogP contribution in [0.1, 0.15) is 11.3 Å². The Kier molecular flexibility index (Phi) is 3.94. The Balaban J connectivity index is 1.92. The van der Waals surface area contributed by atoms with E-state index in [1.807, 2.05) is 0 Å². The van der Waals surface area contributed by atoms with Crippen molar-refractivity contribution in [2.75, 3.05) is 4.72 Å². The largest absolute Gasteiger partial charge is 0.416 e. The summed E-state index contributed by atoms with van der Waals surface area (Å²) in [6.07, 6.45) is -3.20. The standard InChI is InChI=1S/C15H13F3N4O2S/c1-9-13-7-11(8-19-14(13)22(2)20-9)21-25(23,24)12-5-3-10(4-6-12)15(16,17)18/h3-8,21H,1-2H3. The number of hydrogen-bond donors (Lipinski definition) is 1. The lowest BCUT2D eigenvalue weighted by Crippen LogP contribution is -2.14. The quantitative estimate of drug-likeness (QED) is 0.769. The third kappa shape index (κ3) is 3.29.